The van der Waals surface area contributed by atoms with Gasteiger partial charge in [-0.25, -0.2) is 4.79 Å². The monoisotopic (exact) mass is 357 g/mol. The highest BCUT2D eigenvalue weighted by atomic mass is 16.5. The Morgan fingerprint density at radius 3 is 3.04 bits per heavy atom. The molecule has 3 rings (SSSR count). The van der Waals surface area contributed by atoms with Gasteiger partial charge in [0.1, 0.15) is 0 Å². The lowest BCUT2D eigenvalue weighted by Crippen LogP contribution is -2.40. The summed E-state index contributed by atoms with van der Waals surface area (Å²) in [6.07, 6.45) is 8.12. The predicted molar refractivity (Wildman–Crippen MR) is 99.1 cm³/mol. The first kappa shape index (κ1) is 18.5. The molecule has 1 aliphatic rings. The third-order valence-electron chi connectivity index (χ3n) is 5.05. The highest BCUT2D eigenvalue weighted by Gasteiger charge is 2.24. The number of hydrogen-bond donors (Lipinski definition) is 1. The number of ether oxygens (including phenoxy) is 1. The number of esters is 1. The first-order valence-corrected chi connectivity index (χ1v) is 9.10. The highest BCUT2D eigenvalue weighted by molar-refractivity contribution is 5.90. The lowest BCUT2D eigenvalue weighted by molar-refractivity contribution is 0.0599. The summed E-state index contributed by atoms with van der Waals surface area (Å²) in [5.74, 6) is -0.335. The summed E-state index contributed by atoms with van der Waals surface area (Å²) in [6, 6.07) is 2.04. The zero-order chi connectivity index (χ0) is 18.5. The molecule has 0 radical (unpaired) electrons. The minimum Gasteiger partial charge on any atom is -0.465 e. The van der Waals surface area contributed by atoms with E-state index in [1.807, 2.05) is 6.20 Å². The lowest BCUT2D eigenvalue weighted by Gasteiger charge is -2.33. The second-order valence-corrected chi connectivity index (χ2v) is 6.81. The van der Waals surface area contributed by atoms with Crippen molar-refractivity contribution in [2.45, 2.75) is 32.2 Å². The van der Waals surface area contributed by atoms with Crippen LogP contribution in [0.15, 0.2) is 24.7 Å². The molecule has 26 heavy (non-hydrogen) atoms. The van der Waals surface area contributed by atoms with Gasteiger partial charge < -0.3 is 10.5 Å². The van der Waals surface area contributed by atoms with Crippen LogP contribution in [0, 0.1) is 6.92 Å². The molecule has 0 amide bonds. The van der Waals surface area contributed by atoms with Crippen LogP contribution in [0.25, 0.3) is 0 Å². The normalized spacial score (nSPS) is 18.0. The lowest BCUT2D eigenvalue weighted by atomic mass is 10.0. The summed E-state index contributed by atoms with van der Waals surface area (Å²) >= 11 is 0. The molecule has 0 aromatic carbocycles. The molecular weight excluding hydrogens is 330 g/mol. The van der Waals surface area contributed by atoms with E-state index in [1.165, 1.54) is 7.11 Å². The summed E-state index contributed by atoms with van der Waals surface area (Å²) in [4.78, 5) is 18.7. The van der Waals surface area contributed by atoms with Crippen molar-refractivity contribution in [1.82, 2.24) is 19.7 Å². The first-order valence-electron chi connectivity index (χ1n) is 9.10. The van der Waals surface area contributed by atoms with Crippen molar-refractivity contribution >= 4 is 5.97 Å². The predicted octanol–water partition coefficient (Wildman–Crippen LogP) is 1.56. The molecule has 0 spiro atoms. The molecule has 3 heterocycles. The van der Waals surface area contributed by atoms with Crippen LogP contribution in [0.2, 0.25) is 0 Å². The van der Waals surface area contributed by atoms with Crippen molar-refractivity contribution in [3.05, 3.63) is 47.0 Å². The number of rotatable bonds is 6. The van der Waals surface area contributed by atoms with Crippen LogP contribution in [0.5, 0.6) is 0 Å². The van der Waals surface area contributed by atoms with Crippen LogP contribution >= 0.6 is 0 Å². The molecule has 1 saturated heterocycles. The van der Waals surface area contributed by atoms with Crippen molar-refractivity contribution in [2.24, 2.45) is 5.73 Å². The maximum atomic E-state index is 12.1. The van der Waals surface area contributed by atoms with Crippen LogP contribution in [0.4, 0.5) is 0 Å². The van der Waals surface area contributed by atoms with Gasteiger partial charge in [-0.15, -0.1) is 0 Å². The topological polar surface area (TPSA) is 86.3 Å². The van der Waals surface area contributed by atoms with E-state index in [4.69, 9.17) is 10.5 Å². The molecular formula is C19H27N5O2. The summed E-state index contributed by atoms with van der Waals surface area (Å²) in [7, 11) is 1.40. The van der Waals surface area contributed by atoms with Crippen LogP contribution in [0.1, 0.15) is 46.1 Å². The van der Waals surface area contributed by atoms with Gasteiger partial charge >= 0.3 is 5.97 Å². The van der Waals surface area contributed by atoms with Crippen LogP contribution in [-0.4, -0.2) is 58.9 Å². The van der Waals surface area contributed by atoms with Crippen LogP contribution < -0.4 is 5.73 Å². The third kappa shape index (κ3) is 3.94. The summed E-state index contributed by atoms with van der Waals surface area (Å²) < 4.78 is 7.04. The maximum absolute atomic E-state index is 12.1. The Bertz CT molecular complexity index is 756. The van der Waals surface area contributed by atoms with E-state index in [0.29, 0.717) is 24.6 Å². The molecule has 2 aromatic heterocycles. The molecule has 0 bridgehead atoms. The van der Waals surface area contributed by atoms with Crippen LogP contribution in [0.3, 0.4) is 0 Å². The van der Waals surface area contributed by atoms with Gasteiger partial charge in [-0.3, -0.25) is 14.6 Å². The molecule has 1 atom stereocenters. The Morgan fingerprint density at radius 2 is 2.27 bits per heavy atom. The molecule has 0 aliphatic carbocycles. The minimum absolute atomic E-state index is 0.331. The Hall–Kier alpha value is -2.25. The van der Waals surface area contributed by atoms with Crippen molar-refractivity contribution in [3.8, 4) is 0 Å². The van der Waals surface area contributed by atoms with Gasteiger partial charge in [0.25, 0.3) is 0 Å². The maximum Gasteiger partial charge on any atom is 0.338 e. The van der Waals surface area contributed by atoms with Gasteiger partial charge in [0.2, 0.25) is 0 Å². The number of pyridine rings is 1. The largest absolute Gasteiger partial charge is 0.465 e. The fourth-order valence-corrected chi connectivity index (χ4v) is 3.68. The minimum atomic E-state index is -0.335. The van der Waals surface area contributed by atoms with E-state index in [0.717, 1.165) is 49.3 Å². The van der Waals surface area contributed by atoms with Crippen molar-refractivity contribution in [3.63, 3.8) is 0 Å². The van der Waals surface area contributed by atoms with Gasteiger partial charge in [0.05, 0.1) is 24.9 Å². The molecule has 1 aliphatic heterocycles. The van der Waals surface area contributed by atoms with Gasteiger partial charge in [0.15, 0.2) is 0 Å². The van der Waals surface area contributed by atoms with Crippen molar-refractivity contribution in [2.75, 3.05) is 33.3 Å². The number of hydrogen-bond acceptors (Lipinski definition) is 6. The van der Waals surface area contributed by atoms with Gasteiger partial charge in [-0.2, -0.15) is 5.10 Å². The molecule has 0 saturated carbocycles. The average Bonchev–Trinajstić information content (AvgIpc) is 3.03. The van der Waals surface area contributed by atoms with Gasteiger partial charge in [-0.05, 0) is 43.5 Å². The average molecular weight is 357 g/mol. The number of likely N-dealkylation sites (tertiary alicyclic amines) is 1. The second kappa shape index (κ2) is 8.42. The number of nitrogens with zero attached hydrogens (tertiary/aromatic N) is 4. The SMILES string of the molecule is COC(=O)c1ccncc1Cc1c(C)cnn1C1CCCN(CCN)C1. The fourth-order valence-electron chi connectivity index (χ4n) is 3.68. The quantitative estimate of drug-likeness (QED) is 0.790. The Morgan fingerprint density at radius 1 is 1.42 bits per heavy atom. The smallest absolute Gasteiger partial charge is 0.338 e. The summed E-state index contributed by atoms with van der Waals surface area (Å²) in [5, 5.41) is 4.65. The zero-order valence-electron chi connectivity index (χ0n) is 15.5. The molecule has 7 heteroatoms. The summed E-state index contributed by atoms with van der Waals surface area (Å²) in [5.41, 5.74) is 9.39. The number of methoxy groups -OCH3 is 1. The first-order chi connectivity index (χ1) is 12.6. The number of carbonyl (C=O) groups excluding carboxylic acids is 1. The molecule has 1 fully saturated rings. The fraction of sp³-hybridized carbons (Fsp3) is 0.526. The van der Waals surface area contributed by atoms with E-state index in [1.54, 1.807) is 18.5 Å². The van der Waals surface area contributed by atoms with E-state index in [-0.39, 0.29) is 5.97 Å². The molecule has 2 aromatic rings. The van der Waals surface area contributed by atoms with E-state index >= 15 is 0 Å². The molecule has 7 nitrogen and oxygen atoms in total. The highest BCUT2D eigenvalue weighted by Crippen LogP contribution is 2.25. The van der Waals surface area contributed by atoms with E-state index < -0.39 is 0 Å². The number of aromatic nitrogens is 3. The number of piperidine rings is 1. The standard InChI is InChI=1S/C19H27N5O2/c1-14-11-22-24(16-4-3-8-23(13-16)9-6-20)18(14)10-15-12-21-7-5-17(15)19(25)26-2/h5,7,11-12,16H,3-4,6,8-10,13,20H2,1-2H3. The Balaban J connectivity index is 1.86. The zero-order valence-corrected chi connectivity index (χ0v) is 15.5. The number of nitrogens with two attached hydrogens (primary N) is 1. The van der Waals surface area contributed by atoms with Crippen molar-refractivity contribution < 1.29 is 9.53 Å². The Labute approximate surface area is 154 Å². The Kier molecular flexibility index (Phi) is 6.00. The molecule has 140 valence electrons. The third-order valence-corrected chi connectivity index (χ3v) is 5.05. The second-order valence-electron chi connectivity index (χ2n) is 6.81. The van der Waals surface area contributed by atoms with E-state index in [2.05, 4.69) is 26.6 Å². The summed E-state index contributed by atoms with van der Waals surface area (Å²) in [6.45, 7) is 5.71. The van der Waals surface area contributed by atoms with Crippen LogP contribution in [-0.2, 0) is 11.2 Å². The number of carbonyl (C=O) groups is 1. The van der Waals surface area contributed by atoms with Crippen molar-refractivity contribution in [1.29, 1.82) is 0 Å². The van der Waals surface area contributed by atoms with Gasteiger partial charge in [-0.1, -0.05) is 0 Å². The molecule has 2 N–H and O–H groups in total. The van der Waals surface area contributed by atoms with E-state index in [9.17, 15) is 4.79 Å². The van der Waals surface area contributed by atoms with Gasteiger partial charge in [0, 0.05) is 44.1 Å². The molecule has 1 unspecified atom stereocenters. The number of aryl methyl sites for hydroxylation is 1.